The van der Waals surface area contributed by atoms with Crippen LogP contribution in [-0.2, 0) is 6.54 Å². The van der Waals surface area contributed by atoms with Crippen LogP contribution in [0.5, 0.6) is 0 Å². The third-order valence-corrected chi connectivity index (χ3v) is 6.13. The molecule has 0 bridgehead atoms. The molecule has 2 aliphatic heterocycles. The molecule has 0 aliphatic carbocycles. The molecule has 20 heavy (non-hydrogen) atoms. The van der Waals surface area contributed by atoms with Crippen LogP contribution in [0.2, 0.25) is 12.6 Å². The summed E-state index contributed by atoms with van der Waals surface area (Å²) in [7, 11) is 2.13. The summed E-state index contributed by atoms with van der Waals surface area (Å²) in [4.78, 5) is 2.25. The zero-order valence-electron chi connectivity index (χ0n) is 13.6. The van der Waals surface area contributed by atoms with Gasteiger partial charge in [0, 0.05) is 24.9 Å². The SMILES string of the molecule is C=C1c2cc(B3CC(C)(C)C(C)(C)C3)ccc2CN1C. The van der Waals surface area contributed by atoms with Crippen LogP contribution in [0.15, 0.2) is 24.8 Å². The lowest BCUT2D eigenvalue weighted by Crippen LogP contribution is -2.28. The van der Waals surface area contributed by atoms with Crippen molar-refractivity contribution in [2.24, 2.45) is 10.8 Å². The summed E-state index contributed by atoms with van der Waals surface area (Å²) in [5, 5.41) is 0. The van der Waals surface area contributed by atoms with Gasteiger partial charge < -0.3 is 4.90 Å². The van der Waals surface area contributed by atoms with Crippen molar-refractivity contribution in [1.29, 1.82) is 0 Å². The maximum atomic E-state index is 4.23. The van der Waals surface area contributed by atoms with Gasteiger partial charge in [-0.15, -0.1) is 0 Å². The second kappa shape index (κ2) is 4.16. The molecule has 0 unspecified atom stereocenters. The Kier molecular flexibility index (Phi) is 2.87. The first kappa shape index (κ1) is 13.8. The zero-order chi connectivity index (χ0) is 14.7. The van der Waals surface area contributed by atoms with E-state index in [9.17, 15) is 0 Å². The van der Waals surface area contributed by atoms with Gasteiger partial charge in [0.25, 0.3) is 0 Å². The highest BCUT2D eigenvalue weighted by molar-refractivity contribution is 6.74. The minimum atomic E-state index is 0.421. The third kappa shape index (κ3) is 1.92. The van der Waals surface area contributed by atoms with Crippen LogP contribution in [0.25, 0.3) is 5.70 Å². The molecule has 0 N–H and O–H groups in total. The Labute approximate surface area is 124 Å². The average molecular weight is 267 g/mol. The van der Waals surface area contributed by atoms with Gasteiger partial charge in [-0.1, -0.05) is 70.6 Å². The molecule has 106 valence electrons. The van der Waals surface area contributed by atoms with Gasteiger partial charge in [0.1, 0.15) is 0 Å². The first-order valence-electron chi connectivity index (χ1n) is 7.74. The van der Waals surface area contributed by atoms with Gasteiger partial charge in [0.05, 0.1) is 0 Å². The molecule has 2 heterocycles. The Hall–Kier alpha value is -1.18. The monoisotopic (exact) mass is 267 g/mol. The number of nitrogens with zero attached hydrogens (tertiary/aromatic N) is 1. The summed E-state index contributed by atoms with van der Waals surface area (Å²) in [6.07, 6.45) is 2.59. The maximum Gasteiger partial charge on any atom is 0.177 e. The van der Waals surface area contributed by atoms with Gasteiger partial charge >= 0.3 is 0 Å². The smallest absolute Gasteiger partial charge is 0.177 e. The van der Waals surface area contributed by atoms with Gasteiger partial charge in [0.2, 0.25) is 0 Å². The van der Waals surface area contributed by atoms with Crippen LogP contribution in [0.4, 0.5) is 0 Å². The first-order chi connectivity index (χ1) is 9.21. The van der Waals surface area contributed by atoms with Crippen LogP contribution in [0, 0.1) is 10.8 Å². The van der Waals surface area contributed by atoms with Gasteiger partial charge in [-0.2, -0.15) is 0 Å². The fourth-order valence-corrected chi connectivity index (χ4v) is 3.90. The molecule has 0 aromatic heterocycles. The summed E-state index contributed by atoms with van der Waals surface area (Å²) < 4.78 is 0. The predicted octanol–water partition coefficient (Wildman–Crippen LogP) is 3.87. The molecule has 0 amide bonds. The van der Waals surface area contributed by atoms with Crippen molar-refractivity contribution in [1.82, 2.24) is 4.90 Å². The van der Waals surface area contributed by atoms with Crippen molar-refractivity contribution in [2.45, 2.75) is 46.9 Å². The van der Waals surface area contributed by atoms with Crippen molar-refractivity contribution >= 4 is 17.9 Å². The predicted molar refractivity (Wildman–Crippen MR) is 89.5 cm³/mol. The van der Waals surface area contributed by atoms with Crippen LogP contribution in [0.1, 0.15) is 38.8 Å². The second-order valence-electron chi connectivity index (χ2n) is 8.09. The van der Waals surface area contributed by atoms with E-state index in [0.717, 1.165) is 6.54 Å². The van der Waals surface area contributed by atoms with Crippen molar-refractivity contribution in [3.05, 3.63) is 35.9 Å². The molecular weight excluding hydrogens is 241 g/mol. The second-order valence-corrected chi connectivity index (χ2v) is 8.09. The molecule has 1 fully saturated rings. The molecule has 0 saturated carbocycles. The zero-order valence-corrected chi connectivity index (χ0v) is 13.6. The van der Waals surface area contributed by atoms with Crippen LogP contribution < -0.4 is 5.46 Å². The number of hydrogen-bond acceptors (Lipinski definition) is 1. The van der Waals surface area contributed by atoms with Gasteiger partial charge in [0.15, 0.2) is 6.71 Å². The van der Waals surface area contributed by atoms with Crippen LogP contribution in [-0.4, -0.2) is 18.7 Å². The lowest BCUT2D eigenvalue weighted by atomic mass is 9.42. The van der Waals surface area contributed by atoms with Crippen LogP contribution in [0.3, 0.4) is 0 Å². The summed E-state index contributed by atoms with van der Waals surface area (Å²) in [5.41, 5.74) is 6.33. The van der Waals surface area contributed by atoms with Crippen molar-refractivity contribution < 1.29 is 0 Å². The summed E-state index contributed by atoms with van der Waals surface area (Å²) >= 11 is 0. The lowest BCUT2D eigenvalue weighted by Gasteiger charge is -2.35. The maximum absolute atomic E-state index is 4.23. The topological polar surface area (TPSA) is 3.24 Å². The minimum Gasteiger partial charge on any atom is -0.370 e. The quantitative estimate of drug-likeness (QED) is 0.698. The van der Waals surface area contributed by atoms with Crippen molar-refractivity contribution in [2.75, 3.05) is 7.05 Å². The van der Waals surface area contributed by atoms with Crippen LogP contribution >= 0.6 is 0 Å². The number of rotatable bonds is 1. The fourth-order valence-electron chi connectivity index (χ4n) is 3.90. The fraction of sp³-hybridized carbons (Fsp3) is 0.556. The Morgan fingerprint density at radius 3 is 2.30 bits per heavy atom. The van der Waals surface area contributed by atoms with Gasteiger partial charge in [-0.05, 0) is 16.4 Å². The van der Waals surface area contributed by atoms with E-state index < -0.39 is 0 Å². The highest BCUT2D eigenvalue weighted by Gasteiger charge is 2.48. The molecule has 0 radical (unpaired) electrons. The van der Waals surface area contributed by atoms with Gasteiger partial charge in [-0.25, -0.2) is 0 Å². The molecule has 1 nitrogen and oxygen atoms in total. The summed E-state index contributed by atoms with van der Waals surface area (Å²) in [6, 6.07) is 7.08. The molecule has 1 aromatic carbocycles. The molecule has 1 aromatic rings. The van der Waals surface area contributed by atoms with E-state index in [4.69, 9.17) is 0 Å². The average Bonchev–Trinajstić information content (AvgIpc) is 2.74. The number of hydrogen-bond donors (Lipinski definition) is 0. The number of fused-ring (bicyclic) bond motifs is 1. The molecule has 2 aliphatic rings. The molecule has 3 rings (SSSR count). The third-order valence-electron chi connectivity index (χ3n) is 6.13. The Morgan fingerprint density at radius 1 is 1.10 bits per heavy atom. The van der Waals surface area contributed by atoms with E-state index in [1.165, 1.54) is 34.9 Å². The Bertz CT molecular complexity index is 555. The molecule has 0 atom stereocenters. The van der Waals surface area contributed by atoms with E-state index in [1.807, 2.05) is 0 Å². The van der Waals surface area contributed by atoms with Crippen molar-refractivity contribution in [3.63, 3.8) is 0 Å². The normalized spacial score (nSPS) is 23.4. The van der Waals surface area contributed by atoms with Gasteiger partial charge in [-0.3, -0.25) is 0 Å². The van der Waals surface area contributed by atoms with E-state index >= 15 is 0 Å². The summed E-state index contributed by atoms with van der Waals surface area (Å²) in [5.74, 6) is 0. The van der Waals surface area contributed by atoms with Crippen molar-refractivity contribution in [3.8, 4) is 0 Å². The number of benzene rings is 1. The standard InChI is InChI=1S/C18H26BN/c1-13-16-9-15(8-7-14(16)10-20(13)6)19-11-17(2,3)18(4,5)12-19/h7-9H,1,10-12H2,2-6H3. The molecular formula is C18H26BN. The van der Waals surface area contributed by atoms with E-state index in [-0.39, 0.29) is 0 Å². The highest BCUT2D eigenvalue weighted by atomic mass is 15.1. The Balaban J connectivity index is 1.93. The summed E-state index contributed by atoms with van der Waals surface area (Å²) in [6.45, 7) is 15.6. The molecule has 2 heteroatoms. The Morgan fingerprint density at radius 2 is 1.70 bits per heavy atom. The molecule has 0 spiro atoms. The van der Waals surface area contributed by atoms with E-state index in [0.29, 0.717) is 17.5 Å². The highest BCUT2D eigenvalue weighted by Crippen LogP contribution is 2.52. The molecule has 1 saturated heterocycles. The minimum absolute atomic E-state index is 0.421. The largest absolute Gasteiger partial charge is 0.370 e. The first-order valence-corrected chi connectivity index (χ1v) is 7.74. The lowest BCUT2D eigenvalue weighted by molar-refractivity contribution is 0.177. The van der Waals surface area contributed by atoms with E-state index in [2.05, 4.69) is 64.4 Å². The van der Waals surface area contributed by atoms with E-state index in [1.54, 1.807) is 0 Å².